The number of thioether (sulfide) groups is 1. The van der Waals surface area contributed by atoms with Crippen LogP contribution in [0.2, 0.25) is 0 Å². The van der Waals surface area contributed by atoms with Crippen LogP contribution < -0.4 is 11.1 Å². The minimum Gasteiger partial charge on any atom is -0.468 e. The summed E-state index contributed by atoms with van der Waals surface area (Å²) in [5.74, 6) is -0.528. The molecule has 0 saturated carbocycles. The molecule has 1 aromatic rings. The Balaban J connectivity index is 2.43. The number of nitrogens with one attached hydrogen (secondary N) is 1. The molecule has 3 N–H and O–H groups in total. The van der Waals surface area contributed by atoms with E-state index in [0.29, 0.717) is 10.8 Å². The third kappa shape index (κ3) is 2.92. The number of nitrogens with zero attached hydrogens (tertiary/aromatic N) is 2. The molecule has 2 rings (SSSR count). The van der Waals surface area contributed by atoms with E-state index in [2.05, 4.69) is 16.1 Å². The molecule has 1 unspecified atom stereocenters. The minimum absolute atomic E-state index is 0.0179. The SMILES string of the molecule is COC(=O)CSC1=C(C#N)C(c2ccco2)C(C#N)=C(N)N1. The summed E-state index contributed by atoms with van der Waals surface area (Å²) in [5, 5.41) is 22.0. The molecule has 22 heavy (non-hydrogen) atoms. The maximum atomic E-state index is 11.3. The number of hydrogen-bond acceptors (Lipinski definition) is 8. The number of furan rings is 1. The fourth-order valence-corrected chi connectivity index (χ4v) is 2.85. The first-order valence-corrected chi connectivity index (χ1v) is 7.15. The molecule has 1 aromatic heterocycles. The predicted octanol–water partition coefficient (Wildman–Crippen LogP) is 1.30. The number of methoxy groups -OCH3 is 1. The van der Waals surface area contributed by atoms with Gasteiger partial charge in [0.25, 0.3) is 0 Å². The van der Waals surface area contributed by atoms with Gasteiger partial charge in [0.1, 0.15) is 11.6 Å². The van der Waals surface area contributed by atoms with Gasteiger partial charge in [0.2, 0.25) is 0 Å². The first-order valence-electron chi connectivity index (χ1n) is 6.16. The number of dihydropyridines is 1. The maximum Gasteiger partial charge on any atom is 0.316 e. The van der Waals surface area contributed by atoms with Crippen LogP contribution in [0.1, 0.15) is 11.7 Å². The molecule has 0 aliphatic carbocycles. The first-order chi connectivity index (χ1) is 10.6. The Kier molecular flexibility index (Phi) is 4.77. The molecular formula is C14H12N4O3S. The second-order valence-corrected chi connectivity index (χ2v) is 5.22. The highest BCUT2D eigenvalue weighted by atomic mass is 32.2. The molecule has 1 aliphatic heterocycles. The van der Waals surface area contributed by atoms with Gasteiger partial charge in [-0.3, -0.25) is 4.79 Å². The Morgan fingerprint density at radius 2 is 2.23 bits per heavy atom. The van der Waals surface area contributed by atoms with Crippen LogP contribution in [-0.2, 0) is 9.53 Å². The van der Waals surface area contributed by atoms with Crippen molar-refractivity contribution < 1.29 is 13.9 Å². The number of carbonyl (C=O) groups excluding carboxylic acids is 1. The zero-order valence-corrected chi connectivity index (χ0v) is 12.4. The van der Waals surface area contributed by atoms with Crippen molar-refractivity contribution in [1.29, 1.82) is 10.5 Å². The van der Waals surface area contributed by atoms with Crippen molar-refractivity contribution in [1.82, 2.24) is 5.32 Å². The van der Waals surface area contributed by atoms with E-state index in [1.54, 1.807) is 12.1 Å². The molecule has 0 spiro atoms. The fraction of sp³-hybridized carbons (Fsp3) is 0.214. The van der Waals surface area contributed by atoms with Crippen molar-refractivity contribution >= 4 is 17.7 Å². The Hall–Kier alpha value is -2.84. The van der Waals surface area contributed by atoms with E-state index in [9.17, 15) is 15.3 Å². The summed E-state index contributed by atoms with van der Waals surface area (Å²) in [7, 11) is 1.28. The lowest BCUT2D eigenvalue weighted by Crippen LogP contribution is -2.29. The molecule has 1 aliphatic rings. The normalized spacial score (nSPS) is 17.5. The van der Waals surface area contributed by atoms with E-state index in [0.717, 1.165) is 11.8 Å². The largest absolute Gasteiger partial charge is 0.468 e. The smallest absolute Gasteiger partial charge is 0.316 e. The maximum absolute atomic E-state index is 11.3. The van der Waals surface area contributed by atoms with Crippen LogP contribution in [0.15, 0.2) is 44.8 Å². The summed E-state index contributed by atoms with van der Waals surface area (Å²) in [5.41, 5.74) is 6.34. The Morgan fingerprint density at radius 3 is 2.77 bits per heavy atom. The lowest BCUT2D eigenvalue weighted by atomic mass is 9.88. The Bertz CT molecular complexity index is 722. The summed E-state index contributed by atoms with van der Waals surface area (Å²) >= 11 is 1.09. The molecule has 7 nitrogen and oxygen atoms in total. The number of rotatable bonds is 4. The van der Waals surface area contributed by atoms with Gasteiger partial charge in [0.15, 0.2) is 0 Å². The predicted molar refractivity (Wildman–Crippen MR) is 78.5 cm³/mol. The number of esters is 1. The topological polar surface area (TPSA) is 125 Å². The lowest BCUT2D eigenvalue weighted by molar-refractivity contribution is -0.137. The molecule has 0 bridgehead atoms. The Morgan fingerprint density at radius 1 is 1.50 bits per heavy atom. The summed E-state index contributed by atoms with van der Waals surface area (Å²) in [6.07, 6.45) is 1.46. The minimum atomic E-state index is -0.689. The van der Waals surface area contributed by atoms with Crippen LogP contribution in [0.25, 0.3) is 0 Å². The van der Waals surface area contributed by atoms with Gasteiger partial charge in [-0.05, 0) is 12.1 Å². The van der Waals surface area contributed by atoms with Crippen molar-refractivity contribution in [3.05, 3.63) is 46.2 Å². The number of nitrogens with two attached hydrogens (primary N) is 1. The summed E-state index contributed by atoms with van der Waals surface area (Å²) in [6.45, 7) is 0. The summed E-state index contributed by atoms with van der Waals surface area (Å²) in [6, 6.07) is 7.39. The van der Waals surface area contributed by atoms with Crippen LogP contribution in [0, 0.1) is 22.7 Å². The van der Waals surface area contributed by atoms with Gasteiger partial charge in [-0.25, -0.2) is 0 Å². The molecule has 112 valence electrons. The van der Waals surface area contributed by atoms with Gasteiger partial charge in [-0.2, -0.15) is 10.5 Å². The zero-order chi connectivity index (χ0) is 16.1. The Labute approximate surface area is 131 Å². The van der Waals surface area contributed by atoms with E-state index < -0.39 is 11.9 Å². The monoisotopic (exact) mass is 316 g/mol. The first kappa shape index (κ1) is 15.5. The molecule has 0 aromatic carbocycles. The molecular weight excluding hydrogens is 304 g/mol. The van der Waals surface area contributed by atoms with Crippen LogP contribution in [0.5, 0.6) is 0 Å². The average molecular weight is 316 g/mol. The van der Waals surface area contributed by atoms with E-state index >= 15 is 0 Å². The quantitative estimate of drug-likeness (QED) is 0.796. The highest BCUT2D eigenvalue weighted by molar-refractivity contribution is 8.03. The highest BCUT2D eigenvalue weighted by Gasteiger charge is 2.33. The van der Waals surface area contributed by atoms with Crippen molar-refractivity contribution in [2.45, 2.75) is 5.92 Å². The van der Waals surface area contributed by atoms with Crippen molar-refractivity contribution in [2.24, 2.45) is 5.73 Å². The number of allylic oxidation sites excluding steroid dienone is 2. The van der Waals surface area contributed by atoms with Gasteiger partial charge in [-0.1, -0.05) is 11.8 Å². The van der Waals surface area contributed by atoms with Gasteiger partial charge >= 0.3 is 5.97 Å². The third-order valence-electron chi connectivity index (χ3n) is 2.99. The molecule has 0 radical (unpaired) electrons. The highest BCUT2D eigenvalue weighted by Crippen LogP contribution is 2.39. The van der Waals surface area contributed by atoms with Crippen molar-refractivity contribution in [2.75, 3.05) is 12.9 Å². The van der Waals surface area contributed by atoms with Gasteiger partial charge in [0.05, 0.1) is 53.4 Å². The van der Waals surface area contributed by atoms with E-state index in [4.69, 9.17) is 10.2 Å². The number of ether oxygens (including phenoxy) is 1. The number of carbonyl (C=O) groups is 1. The van der Waals surface area contributed by atoms with Gasteiger partial charge in [0, 0.05) is 0 Å². The molecule has 0 saturated heterocycles. The standard InChI is InChI=1S/C14H12N4O3S/c1-20-11(19)7-22-14-9(6-16)12(10-3-2-4-21-10)8(5-15)13(17)18-14/h2-4,12,18H,7,17H2,1H3. The number of nitriles is 2. The van der Waals surface area contributed by atoms with Gasteiger partial charge < -0.3 is 20.2 Å². The molecule has 8 heteroatoms. The van der Waals surface area contributed by atoms with E-state index in [-0.39, 0.29) is 22.7 Å². The second kappa shape index (κ2) is 6.74. The molecule has 1 atom stereocenters. The summed E-state index contributed by atoms with van der Waals surface area (Å²) < 4.78 is 9.90. The third-order valence-corrected chi connectivity index (χ3v) is 3.98. The van der Waals surface area contributed by atoms with Crippen LogP contribution in [-0.4, -0.2) is 18.8 Å². The molecule has 0 fully saturated rings. The number of hydrogen-bond donors (Lipinski definition) is 2. The fourth-order valence-electron chi connectivity index (χ4n) is 1.97. The lowest BCUT2D eigenvalue weighted by Gasteiger charge is -2.24. The summed E-state index contributed by atoms with van der Waals surface area (Å²) in [4.78, 5) is 11.3. The van der Waals surface area contributed by atoms with E-state index in [1.165, 1.54) is 13.4 Å². The van der Waals surface area contributed by atoms with E-state index in [1.807, 2.05) is 6.07 Å². The molecule has 0 amide bonds. The average Bonchev–Trinajstić information content (AvgIpc) is 3.05. The van der Waals surface area contributed by atoms with Crippen LogP contribution in [0.3, 0.4) is 0 Å². The van der Waals surface area contributed by atoms with Crippen molar-refractivity contribution in [3.63, 3.8) is 0 Å². The van der Waals surface area contributed by atoms with Gasteiger partial charge in [-0.15, -0.1) is 0 Å². The second-order valence-electron chi connectivity index (χ2n) is 4.23. The zero-order valence-electron chi connectivity index (χ0n) is 11.6. The van der Waals surface area contributed by atoms with Crippen molar-refractivity contribution in [3.8, 4) is 12.1 Å². The van der Waals surface area contributed by atoms with Crippen LogP contribution >= 0.6 is 11.8 Å². The van der Waals surface area contributed by atoms with Crippen LogP contribution in [0.4, 0.5) is 0 Å². The molecule has 2 heterocycles.